The minimum atomic E-state index is -1.04. The number of carboxylic acids is 1. The molecule has 0 aliphatic carbocycles. The van der Waals surface area contributed by atoms with Gasteiger partial charge in [0.2, 0.25) is 0 Å². The van der Waals surface area contributed by atoms with Crippen molar-refractivity contribution in [2.24, 2.45) is 7.05 Å². The molecular formula is C14H9N3O3. The molecule has 0 unspecified atom stereocenters. The van der Waals surface area contributed by atoms with Gasteiger partial charge >= 0.3 is 5.97 Å². The number of aromatic nitrogens is 2. The summed E-state index contributed by atoms with van der Waals surface area (Å²) in [5.74, 6) is -1.04. The second kappa shape index (κ2) is 3.96. The van der Waals surface area contributed by atoms with Crippen LogP contribution < -0.4 is 5.56 Å². The Kier molecular flexibility index (Phi) is 2.38. The van der Waals surface area contributed by atoms with Crippen LogP contribution in [0, 0.1) is 11.3 Å². The number of rotatable bonds is 1. The first kappa shape index (κ1) is 12.0. The van der Waals surface area contributed by atoms with Gasteiger partial charge in [0.1, 0.15) is 6.07 Å². The van der Waals surface area contributed by atoms with Gasteiger partial charge in [-0.15, -0.1) is 0 Å². The Morgan fingerprint density at radius 2 is 2.20 bits per heavy atom. The summed E-state index contributed by atoms with van der Waals surface area (Å²) in [6.45, 7) is 0. The van der Waals surface area contributed by atoms with Crippen molar-refractivity contribution < 1.29 is 9.90 Å². The number of pyridine rings is 1. The molecule has 0 amide bonds. The molecule has 0 saturated carbocycles. The second-order valence-electron chi connectivity index (χ2n) is 4.51. The molecule has 1 aromatic carbocycles. The Morgan fingerprint density at radius 1 is 1.45 bits per heavy atom. The molecule has 0 fully saturated rings. The van der Waals surface area contributed by atoms with Crippen molar-refractivity contribution in [3.63, 3.8) is 0 Å². The fourth-order valence-electron chi connectivity index (χ4n) is 2.33. The van der Waals surface area contributed by atoms with E-state index in [1.54, 1.807) is 13.1 Å². The summed E-state index contributed by atoms with van der Waals surface area (Å²) in [7, 11) is 1.58. The number of aryl methyl sites for hydroxylation is 1. The van der Waals surface area contributed by atoms with Crippen LogP contribution >= 0.6 is 0 Å². The Bertz CT molecular complexity index is 973. The summed E-state index contributed by atoms with van der Waals surface area (Å²) >= 11 is 0. The van der Waals surface area contributed by atoms with Crippen molar-refractivity contribution >= 4 is 27.8 Å². The van der Waals surface area contributed by atoms with Crippen LogP contribution in [0.25, 0.3) is 21.8 Å². The summed E-state index contributed by atoms with van der Waals surface area (Å²) < 4.78 is 1.35. The maximum Gasteiger partial charge on any atom is 0.335 e. The summed E-state index contributed by atoms with van der Waals surface area (Å²) in [5, 5.41) is 19.1. The van der Waals surface area contributed by atoms with Gasteiger partial charge in [-0.25, -0.2) is 4.79 Å². The molecule has 3 rings (SSSR count). The van der Waals surface area contributed by atoms with Crippen molar-refractivity contribution in [3.05, 3.63) is 45.9 Å². The number of nitriles is 1. The van der Waals surface area contributed by atoms with Gasteiger partial charge in [0.25, 0.3) is 5.56 Å². The van der Waals surface area contributed by atoms with E-state index >= 15 is 0 Å². The fourth-order valence-corrected chi connectivity index (χ4v) is 2.33. The van der Waals surface area contributed by atoms with E-state index in [1.807, 2.05) is 6.07 Å². The molecule has 20 heavy (non-hydrogen) atoms. The topological polar surface area (TPSA) is 98.9 Å². The highest BCUT2D eigenvalue weighted by molar-refractivity contribution is 6.09. The monoisotopic (exact) mass is 267 g/mol. The van der Waals surface area contributed by atoms with Crippen molar-refractivity contribution in [3.8, 4) is 6.07 Å². The van der Waals surface area contributed by atoms with Gasteiger partial charge in [-0.05, 0) is 12.1 Å². The van der Waals surface area contributed by atoms with Crippen LogP contribution in [0.1, 0.15) is 15.9 Å². The Balaban J connectivity index is 2.55. The number of carbonyl (C=O) groups is 1. The van der Waals surface area contributed by atoms with Gasteiger partial charge < -0.3 is 14.7 Å². The minimum absolute atomic E-state index is 0.124. The molecule has 2 heterocycles. The van der Waals surface area contributed by atoms with Crippen LogP contribution in [-0.2, 0) is 7.05 Å². The maximum absolute atomic E-state index is 12.2. The zero-order valence-electron chi connectivity index (χ0n) is 10.5. The van der Waals surface area contributed by atoms with E-state index in [0.29, 0.717) is 27.4 Å². The van der Waals surface area contributed by atoms with E-state index in [4.69, 9.17) is 10.4 Å². The summed E-state index contributed by atoms with van der Waals surface area (Å²) in [6.07, 6.45) is 1.46. The number of aromatic amines is 1. The van der Waals surface area contributed by atoms with Crippen LogP contribution in [0.15, 0.2) is 29.2 Å². The van der Waals surface area contributed by atoms with Crippen LogP contribution in [0.3, 0.4) is 0 Å². The standard InChI is InChI=1S/C14H9N3O3/c1-17-6-8(5-15)12-11(13(17)18)9-3-2-7(14(19)20)4-10(9)16-12/h2-4,6,16H,1H3,(H,19,20). The van der Waals surface area contributed by atoms with E-state index < -0.39 is 5.97 Å². The lowest BCUT2D eigenvalue weighted by Gasteiger charge is -1.99. The van der Waals surface area contributed by atoms with Gasteiger partial charge in [0, 0.05) is 24.1 Å². The lowest BCUT2D eigenvalue weighted by atomic mass is 10.1. The van der Waals surface area contributed by atoms with Gasteiger partial charge in [-0.2, -0.15) is 5.26 Å². The summed E-state index contributed by atoms with van der Waals surface area (Å²) in [4.78, 5) is 26.1. The van der Waals surface area contributed by atoms with Crippen LogP contribution in [0.2, 0.25) is 0 Å². The average Bonchev–Trinajstić information content (AvgIpc) is 2.81. The van der Waals surface area contributed by atoms with Gasteiger partial charge in [0.15, 0.2) is 0 Å². The quantitative estimate of drug-likeness (QED) is 0.699. The molecule has 3 aromatic rings. The minimum Gasteiger partial charge on any atom is -0.478 e. The lowest BCUT2D eigenvalue weighted by Crippen LogP contribution is -2.16. The predicted octanol–water partition coefficient (Wildman–Crippen LogP) is 1.59. The summed E-state index contributed by atoms with van der Waals surface area (Å²) in [5.41, 5.74) is 1.20. The summed E-state index contributed by atoms with van der Waals surface area (Å²) in [6, 6.07) is 6.51. The fraction of sp³-hybridized carbons (Fsp3) is 0.0714. The molecule has 0 atom stereocenters. The van der Waals surface area contributed by atoms with Crippen molar-refractivity contribution in [1.82, 2.24) is 9.55 Å². The van der Waals surface area contributed by atoms with Crippen molar-refractivity contribution in [1.29, 1.82) is 5.26 Å². The number of hydrogen-bond donors (Lipinski definition) is 2. The number of nitrogens with one attached hydrogen (secondary N) is 1. The van der Waals surface area contributed by atoms with E-state index in [0.717, 1.165) is 0 Å². The maximum atomic E-state index is 12.2. The smallest absolute Gasteiger partial charge is 0.335 e. The number of H-pyrrole nitrogens is 1. The van der Waals surface area contributed by atoms with Crippen LogP contribution in [-0.4, -0.2) is 20.6 Å². The van der Waals surface area contributed by atoms with E-state index in [9.17, 15) is 9.59 Å². The van der Waals surface area contributed by atoms with Gasteiger partial charge in [-0.3, -0.25) is 4.79 Å². The van der Waals surface area contributed by atoms with Crippen molar-refractivity contribution in [2.75, 3.05) is 0 Å². The highest BCUT2D eigenvalue weighted by Crippen LogP contribution is 2.25. The highest BCUT2D eigenvalue weighted by atomic mass is 16.4. The number of hydrogen-bond acceptors (Lipinski definition) is 3. The first-order valence-corrected chi connectivity index (χ1v) is 5.81. The molecule has 0 aliphatic rings. The molecule has 2 aromatic heterocycles. The SMILES string of the molecule is Cn1cc(C#N)c2[nH]c3cc(C(=O)O)ccc3c2c1=O. The molecule has 0 aliphatic heterocycles. The van der Waals surface area contributed by atoms with E-state index in [2.05, 4.69) is 4.98 Å². The number of nitrogens with zero attached hydrogens (tertiary/aromatic N) is 2. The van der Waals surface area contributed by atoms with Gasteiger partial charge in [-0.1, -0.05) is 6.07 Å². The Labute approximate surface area is 112 Å². The number of fused-ring (bicyclic) bond motifs is 3. The second-order valence-corrected chi connectivity index (χ2v) is 4.51. The molecule has 6 nitrogen and oxygen atoms in total. The van der Waals surface area contributed by atoms with E-state index in [-0.39, 0.29) is 11.1 Å². The molecule has 6 heteroatoms. The Hall–Kier alpha value is -3.07. The molecule has 0 radical (unpaired) electrons. The lowest BCUT2D eigenvalue weighted by molar-refractivity contribution is 0.0697. The number of benzene rings is 1. The van der Waals surface area contributed by atoms with E-state index in [1.165, 1.54) is 22.9 Å². The average molecular weight is 267 g/mol. The van der Waals surface area contributed by atoms with Crippen molar-refractivity contribution in [2.45, 2.75) is 0 Å². The third-order valence-corrected chi connectivity index (χ3v) is 3.29. The normalized spacial score (nSPS) is 10.8. The third kappa shape index (κ3) is 1.50. The molecule has 0 spiro atoms. The molecule has 98 valence electrons. The predicted molar refractivity (Wildman–Crippen MR) is 72.7 cm³/mol. The molecule has 2 N–H and O–H groups in total. The van der Waals surface area contributed by atoms with Crippen LogP contribution in [0.4, 0.5) is 0 Å². The molecular weight excluding hydrogens is 258 g/mol. The Morgan fingerprint density at radius 3 is 2.85 bits per heavy atom. The molecule has 0 saturated heterocycles. The largest absolute Gasteiger partial charge is 0.478 e. The third-order valence-electron chi connectivity index (χ3n) is 3.29. The zero-order chi connectivity index (χ0) is 14.4. The first-order chi connectivity index (χ1) is 9.52. The first-order valence-electron chi connectivity index (χ1n) is 5.81. The van der Waals surface area contributed by atoms with Crippen LogP contribution in [0.5, 0.6) is 0 Å². The highest BCUT2D eigenvalue weighted by Gasteiger charge is 2.14. The van der Waals surface area contributed by atoms with Gasteiger partial charge in [0.05, 0.1) is 22.0 Å². The number of aromatic carboxylic acids is 1. The number of carboxylic acid groups (broad SMARTS) is 1. The zero-order valence-corrected chi connectivity index (χ0v) is 10.5. The molecule has 0 bridgehead atoms.